The summed E-state index contributed by atoms with van der Waals surface area (Å²) in [5.41, 5.74) is 1.54. The van der Waals surface area contributed by atoms with Crippen molar-refractivity contribution in [1.29, 1.82) is 0 Å². The van der Waals surface area contributed by atoms with Gasteiger partial charge in [-0.25, -0.2) is 14.5 Å². The smallest absolute Gasteiger partial charge is 0.354 e. The van der Waals surface area contributed by atoms with Gasteiger partial charge in [0.25, 0.3) is 0 Å². The highest BCUT2D eigenvalue weighted by Crippen LogP contribution is 2.22. The highest BCUT2D eigenvalue weighted by molar-refractivity contribution is 5.92. The first-order chi connectivity index (χ1) is 8.66. The van der Waals surface area contributed by atoms with Crippen molar-refractivity contribution in [1.82, 2.24) is 19.3 Å². The van der Waals surface area contributed by atoms with Gasteiger partial charge in [0, 0.05) is 31.0 Å². The van der Waals surface area contributed by atoms with E-state index in [1.807, 2.05) is 25.5 Å². The summed E-state index contributed by atoms with van der Waals surface area (Å²) in [4.78, 5) is 15.0. The van der Waals surface area contributed by atoms with Crippen molar-refractivity contribution in [2.45, 2.75) is 0 Å². The van der Waals surface area contributed by atoms with E-state index in [2.05, 4.69) is 10.1 Å². The van der Waals surface area contributed by atoms with Gasteiger partial charge in [0.2, 0.25) is 0 Å². The largest absolute Gasteiger partial charge is 0.477 e. The minimum Gasteiger partial charge on any atom is -0.477 e. The zero-order valence-electron chi connectivity index (χ0n) is 9.61. The molecule has 1 N–H and O–H groups in total. The number of pyridine rings is 1. The van der Waals surface area contributed by atoms with Gasteiger partial charge in [-0.15, -0.1) is 0 Å². The van der Waals surface area contributed by atoms with Gasteiger partial charge in [-0.2, -0.15) is 5.10 Å². The summed E-state index contributed by atoms with van der Waals surface area (Å²) in [7, 11) is 1.83. The molecule has 6 nitrogen and oxygen atoms in total. The minimum absolute atomic E-state index is 0.0377. The summed E-state index contributed by atoms with van der Waals surface area (Å²) >= 11 is 0. The maximum atomic E-state index is 10.9. The number of aromatic nitrogens is 4. The van der Waals surface area contributed by atoms with Crippen LogP contribution < -0.4 is 0 Å². The molecule has 3 heterocycles. The number of carboxylic acid groups (broad SMARTS) is 1. The highest BCUT2D eigenvalue weighted by Gasteiger charge is 2.12. The summed E-state index contributed by atoms with van der Waals surface area (Å²) in [6, 6.07) is 5.08. The Kier molecular flexibility index (Phi) is 2.16. The van der Waals surface area contributed by atoms with Gasteiger partial charge in [0.05, 0.1) is 5.69 Å². The van der Waals surface area contributed by atoms with E-state index in [1.54, 1.807) is 21.5 Å². The zero-order valence-corrected chi connectivity index (χ0v) is 9.61. The van der Waals surface area contributed by atoms with Gasteiger partial charge in [-0.1, -0.05) is 0 Å². The van der Waals surface area contributed by atoms with E-state index in [4.69, 9.17) is 5.11 Å². The lowest BCUT2D eigenvalue weighted by Gasteiger charge is -1.99. The van der Waals surface area contributed by atoms with Crippen molar-refractivity contribution in [3.05, 3.63) is 42.5 Å². The van der Waals surface area contributed by atoms with Crippen molar-refractivity contribution in [2.75, 3.05) is 0 Å². The molecule has 0 fully saturated rings. The van der Waals surface area contributed by atoms with Crippen LogP contribution in [0.5, 0.6) is 0 Å². The van der Waals surface area contributed by atoms with Crippen LogP contribution in [0.4, 0.5) is 0 Å². The van der Waals surface area contributed by atoms with E-state index in [0.29, 0.717) is 5.65 Å². The maximum Gasteiger partial charge on any atom is 0.354 e. The number of hydrogen-bond donors (Lipinski definition) is 1. The van der Waals surface area contributed by atoms with Crippen molar-refractivity contribution >= 4 is 17.0 Å². The van der Waals surface area contributed by atoms with E-state index >= 15 is 0 Å². The number of aromatic carboxylic acids is 1. The molecule has 6 heteroatoms. The third kappa shape index (κ3) is 1.46. The molecule has 3 aromatic rings. The van der Waals surface area contributed by atoms with Crippen LogP contribution in [-0.4, -0.2) is 30.4 Å². The molecule has 0 atom stereocenters. The zero-order chi connectivity index (χ0) is 12.7. The van der Waals surface area contributed by atoms with Crippen LogP contribution in [-0.2, 0) is 7.05 Å². The summed E-state index contributed by atoms with van der Waals surface area (Å²) in [6.45, 7) is 0. The van der Waals surface area contributed by atoms with Crippen LogP contribution in [0.2, 0.25) is 0 Å². The Bertz CT molecular complexity index is 728. The normalized spacial score (nSPS) is 10.9. The van der Waals surface area contributed by atoms with Crippen LogP contribution in [0.15, 0.2) is 36.8 Å². The van der Waals surface area contributed by atoms with Crippen molar-refractivity contribution in [3.63, 3.8) is 0 Å². The Morgan fingerprint density at radius 1 is 1.39 bits per heavy atom. The van der Waals surface area contributed by atoms with Gasteiger partial charge in [0.15, 0.2) is 5.69 Å². The van der Waals surface area contributed by atoms with E-state index in [1.165, 1.54) is 6.07 Å². The Morgan fingerprint density at radius 2 is 2.22 bits per heavy atom. The number of fused-ring (bicyclic) bond motifs is 1. The first kappa shape index (κ1) is 10.5. The fourth-order valence-corrected chi connectivity index (χ4v) is 1.94. The molecule has 0 aromatic carbocycles. The van der Waals surface area contributed by atoms with Gasteiger partial charge in [-0.05, 0) is 18.2 Å². The molecular weight excluding hydrogens is 232 g/mol. The van der Waals surface area contributed by atoms with E-state index in [9.17, 15) is 4.79 Å². The molecule has 3 rings (SSSR count). The van der Waals surface area contributed by atoms with Gasteiger partial charge < -0.3 is 9.67 Å². The lowest BCUT2D eigenvalue weighted by molar-refractivity contribution is 0.0691. The predicted molar refractivity (Wildman–Crippen MR) is 64.8 cm³/mol. The molecule has 0 saturated heterocycles. The molecule has 18 heavy (non-hydrogen) atoms. The lowest BCUT2D eigenvalue weighted by Crippen LogP contribution is -2.01. The summed E-state index contributed by atoms with van der Waals surface area (Å²) in [5.74, 6) is -1.03. The fourth-order valence-electron chi connectivity index (χ4n) is 1.94. The van der Waals surface area contributed by atoms with Crippen molar-refractivity contribution in [3.8, 4) is 5.69 Å². The van der Waals surface area contributed by atoms with Gasteiger partial charge in [-0.3, -0.25) is 0 Å². The third-order valence-corrected chi connectivity index (χ3v) is 2.77. The average molecular weight is 242 g/mol. The number of aryl methyl sites for hydroxylation is 1. The molecule has 3 aromatic heterocycles. The summed E-state index contributed by atoms with van der Waals surface area (Å²) < 4.78 is 3.52. The van der Waals surface area contributed by atoms with E-state index in [0.717, 1.165) is 11.1 Å². The Balaban J connectivity index is 2.28. The summed E-state index contributed by atoms with van der Waals surface area (Å²) in [5, 5.41) is 14.0. The molecule has 0 aliphatic carbocycles. The van der Waals surface area contributed by atoms with Crippen LogP contribution in [0.3, 0.4) is 0 Å². The number of carboxylic acids is 1. The maximum absolute atomic E-state index is 10.9. The number of carbonyl (C=O) groups is 1. The molecule has 0 saturated carbocycles. The molecular formula is C12H10N4O2. The van der Waals surface area contributed by atoms with Crippen molar-refractivity contribution in [2.24, 2.45) is 7.05 Å². The molecule has 0 spiro atoms. The van der Waals surface area contributed by atoms with Crippen LogP contribution in [0, 0.1) is 0 Å². The van der Waals surface area contributed by atoms with Crippen LogP contribution in [0.25, 0.3) is 16.7 Å². The Labute approximate surface area is 102 Å². The molecule has 0 aliphatic heterocycles. The number of rotatable bonds is 2. The highest BCUT2D eigenvalue weighted by atomic mass is 16.4. The van der Waals surface area contributed by atoms with E-state index < -0.39 is 5.97 Å². The van der Waals surface area contributed by atoms with Crippen LogP contribution >= 0.6 is 0 Å². The molecule has 90 valence electrons. The molecule has 0 bridgehead atoms. The second-order valence-electron chi connectivity index (χ2n) is 3.95. The number of hydrogen-bond acceptors (Lipinski definition) is 3. The predicted octanol–water partition coefficient (Wildman–Crippen LogP) is 1.46. The van der Waals surface area contributed by atoms with E-state index in [-0.39, 0.29) is 5.69 Å². The topological polar surface area (TPSA) is 72.9 Å². The van der Waals surface area contributed by atoms with Crippen LogP contribution in [0.1, 0.15) is 10.5 Å². The van der Waals surface area contributed by atoms with Crippen molar-refractivity contribution < 1.29 is 9.90 Å². The first-order valence-electron chi connectivity index (χ1n) is 5.36. The SMILES string of the molecule is Cn1cc(-n2cccn2)c2ccc(C(=O)O)nc21. The Hall–Kier alpha value is -2.63. The Morgan fingerprint density at radius 3 is 2.89 bits per heavy atom. The monoisotopic (exact) mass is 242 g/mol. The second-order valence-corrected chi connectivity index (χ2v) is 3.95. The quantitative estimate of drug-likeness (QED) is 0.738. The fraction of sp³-hybridized carbons (Fsp3) is 0.0833. The third-order valence-electron chi connectivity index (χ3n) is 2.77. The molecule has 0 radical (unpaired) electrons. The standard InChI is InChI=1S/C12H10N4O2/c1-15-7-10(16-6-2-5-13-16)8-3-4-9(12(17)18)14-11(8)15/h2-7H,1H3,(H,17,18). The van der Waals surface area contributed by atoms with Gasteiger partial charge >= 0.3 is 5.97 Å². The molecule has 0 unspecified atom stereocenters. The average Bonchev–Trinajstić information content (AvgIpc) is 2.97. The summed E-state index contributed by atoms with van der Waals surface area (Å²) in [6.07, 6.45) is 5.40. The van der Waals surface area contributed by atoms with Gasteiger partial charge in [0.1, 0.15) is 5.65 Å². The molecule has 0 aliphatic rings. The molecule has 0 amide bonds. The second kappa shape index (κ2) is 3.69. The minimum atomic E-state index is -1.03. The lowest BCUT2D eigenvalue weighted by atomic mass is 10.2. The number of nitrogens with zero attached hydrogens (tertiary/aromatic N) is 4. The first-order valence-corrected chi connectivity index (χ1v) is 5.36.